The molecule has 3 aromatic rings. The smallest absolute Gasteiger partial charge is 0.311 e. The van der Waals surface area contributed by atoms with E-state index in [0.717, 1.165) is 18.6 Å². The van der Waals surface area contributed by atoms with E-state index in [9.17, 15) is 14.7 Å². The number of hydrogen-bond acceptors (Lipinski definition) is 8. The number of amides is 1. The second-order valence-electron chi connectivity index (χ2n) is 8.56. The molecule has 38 heavy (non-hydrogen) atoms. The Morgan fingerprint density at radius 3 is 2.63 bits per heavy atom. The van der Waals surface area contributed by atoms with Gasteiger partial charge in [0.05, 0.1) is 29.8 Å². The van der Waals surface area contributed by atoms with E-state index in [4.69, 9.17) is 26.2 Å². The maximum absolute atomic E-state index is 13.5. The van der Waals surface area contributed by atoms with Gasteiger partial charge in [-0.2, -0.15) is 0 Å². The highest BCUT2D eigenvalue weighted by Gasteiger charge is 2.46. The number of fused-ring (bicyclic) bond motifs is 3. The van der Waals surface area contributed by atoms with Crippen LogP contribution in [-0.2, 0) is 9.59 Å². The Balaban J connectivity index is 2.06. The van der Waals surface area contributed by atoms with E-state index in [1.54, 1.807) is 49.1 Å². The van der Waals surface area contributed by atoms with Gasteiger partial charge in [0.15, 0.2) is 11.5 Å². The van der Waals surface area contributed by atoms with Gasteiger partial charge < -0.3 is 14.6 Å². The number of thioether (sulfide) groups is 1. The lowest BCUT2D eigenvalue weighted by molar-refractivity contribution is -0.764. The van der Waals surface area contributed by atoms with Crippen LogP contribution in [0.3, 0.4) is 0 Å². The molecule has 1 atom stereocenters. The summed E-state index contributed by atoms with van der Waals surface area (Å²) in [5, 5.41) is 18.8. The number of hydrogen-bond donors (Lipinski definition) is 0. The van der Waals surface area contributed by atoms with Gasteiger partial charge in [0.25, 0.3) is 17.0 Å². The topological polar surface area (TPSA) is 109 Å². The third kappa shape index (κ3) is 5.28. The van der Waals surface area contributed by atoms with Gasteiger partial charge in [-0.05, 0) is 24.6 Å². The van der Waals surface area contributed by atoms with Gasteiger partial charge in [-0.3, -0.25) is 9.59 Å². The highest BCUT2D eigenvalue weighted by atomic mass is 35.5. The minimum atomic E-state index is -0.999. The van der Waals surface area contributed by atoms with Crippen LogP contribution in [0.15, 0.2) is 41.6 Å². The molecule has 1 aromatic heterocycles. The molecule has 0 fully saturated rings. The summed E-state index contributed by atoms with van der Waals surface area (Å²) in [6.45, 7) is 5.51. The number of esters is 1. The van der Waals surface area contributed by atoms with Gasteiger partial charge in [-0.1, -0.05) is 67.4 Å². The number of methoxy groups -OCH3 is 1. The van der Waals surface area contributed by atoms with Crippen LogP contribution in [-0.4, -0.2) is 34.8 Å². The Morgan fingerprint density at radius 1 is 1.18 bits per heavy atom. The van der Waals surface area contributed by atoms with Crippen LogP contribution in [0, 0.1) is 0 Å². The minimum Gasteiger partial charge on any atom is -0.854 e. The summed E-state index contributed by atoms with van der Waals surface area (Å²) in [7, 11) is 1.44. The summed E-state index contributed by atoms with van der Waals surface area (Å²) < 4.78 is 12.7. The highest BCUT2D eigenvalue weighted by Crippen LogP contribution is 2.46. The fourth-order valence-corrected chi connectivity index (χ4v) is 5.38. The molecule has 1 unspecified atom stereocenters. The average Bonchev–Trinajstić information content (AvgIpc) is 2.92. The molecule has 11 heteroatoms. The van der Waals surface area contributed by atoms with Gasteiger partial charge in [0, 0.05) is 34.8 Å². The fourth-order valence-electron chi connectivity index (χ4n) is 4.25. The number of para-hydroxylation sites is 1. The van der Waals surface area contributed by atoms with Gasteiger partial charge >= 0.3 is 5.97 Å². The summed E-state index contributed by atoms with van der Waals surface area (Å²) in [5.41, 5.74) is 1.61. The van der Waals surface area contributed by atoms with E-state index >= 15 is 0 Å². The zero-order valence-corrected chi connectivity index (χ0v) is 23.3. The maximum atomic E-state index is 13.5. The van der Waals surface area contributed by atoms with Crippen molar-refractivity contribution in [1.82, 2.24) is 10.1 Å². The zero-order valence-electron chi connectivity index (χ0n) is 21.7. The predicted molar refractivity (Wildman–Crippen MR) is 143 cm³/mol. The monoisotopic (exact) mass is 556 g/mol. The first-order chi connectivity index (χ1) is 18.3. The molecule has 0 bridgehead atoms. The molecule has 0 N–H and O–H groups in total. The van der Waals surface area contributed by atoms with Crippen molar-refractivity contribution in [1.29, 1.82) is 0 Å². The number of rotatable bonds is 9. The first-order valence-corrected chi connectivity index (χ1v) is 13.8. The van der Waals surface area contributed by atoms with Crippen molar-refractivity contribution in [3.63, 3.8) is 0 Å². The molecule has 1 aliphatic rings. The molecule has 4 rings (SSSR count). The van der Waals surface area contributed by atoms with Crippen LogP contribution in [0.1, 0.15) is 58.2 Å². The van der Waals surface area contributed by atoms with Crippen molar-refractivity contribution in [2.45, 2.75) is 57.8 Å². The lowest BCUT2D eigenvalue weighted by atomic mass is 10.00. The molecular weight excluding hydrogens is 528 g/mol. The quantitative estimate of drug-likeness (QED) is 0.123. The summed E-state index contributed by atoms with van der Waals surface area (Å²) in [5.74, 6) is -0.136. The molecule has 0 spiro atoms. The third-order valence-electron chi connectivity index (χ3n) is 6.07. The minimum absolute atomic E-state index is 0.103. The van der Waals surface area contributed by atoms with Crippen LogP contribution < -0.4 is 24.2 Å². The first kappa shape index (κ1) is 27.7. The first-order valence-electron chi connectivity index (χ1n) is 12.5. The average molecular weight is 557 g/mol. The Kier molecular flexibility index (Phi) is 8.73. The van der Waals surface area contributed by atoms with Gasteiger partial charge in [-0.15, -0.1) is 0 Å². The van der Waals surface area contributed by atoms with Crippen LogP contribution in [0.2, 0.25) is 5.02 Å². The summed E-state index contributed by atoms with van der Waals surface area (Å²) >= 11 is 7.87. The van der Waals surface area contributed by atoms with Crippen LogP contribution in [0.25, 0.3) is 11.3 Å². The van der Waals surface area contributed by atoms with Crippen molar-refractivity contribution in [2.24, 2.45) is 0 Å². The molecule has 0 radical (unpaired) electrons. The summed E-state index contributed by atoms with van der Waals surface area (Å²) in [4.78, 5) is 31.8. The van der Waals surface area contributed by atoms with Gasteiger partial charge in [0.1, 0.15) is 0 Å². The predicted octanol–water partition coefficient (Wildman–Crippen LogP) is 4.68. The Hall–Kier alpha value is -3.37. The standard InChI is InChI=1S/C27H29ClN4O5S/c1-5-8-13-38-27-29-25(35)23-17-11-9-10-12-19(17)31(21(33)6-2)26(32(23)30-27)18-14-16(28)15-20(36-4)24(18)37-22(34)7-3/h9-12,14-15,26H,5-8,13H2,1-4H3. The molecule has 200 valence electrons. The van der Waals surface area contributed by atoms with Crippen molar-refractivity contribution in [3.8, 4) is 28.6 Å². The Morgan fingerprint density at radius 2 is 1.95 bits per heavy atom. The van der Waals surface area contributed by atoms with Crippen LogP contribution >= 0.6 is 23.4 Å². The normalized spacial score (nSPS) is 14.0. The number of carbonyl (C=O) groups excluding carboxylic acids is 2. The second kappa shape index (κ2) is 12.0. The number of aromatic nitrogens is 3. The highest BCUT2D eigenvalue weighted by molar-refractivity contribution is 7.99. The number of carbonyl (C=O) groups is 2. The van der Waals surface area contributed by atoms with Gasteiger partial charge in [-0.25, -0.2) is 9.88 Å². The molecule has 2 heterocycles. The number of unbranched alkanes of at least 4 members (excludes halogenated alkanes) is 1. The maximum Gasteiger partial charge on any atom is 0.311 e. The van der Waals surface area contributed by atoms with E-state index in [1.807, 2.05) is 0 Å². The number of anilines is 1. The fraction of sp³-hybridized carbons (Fsp3) is 0.370. The van der Waals surface area contributed by atoms with E-state index < -0.39 is 18.0 Å². The van der Waals surface area contributed by atoms with E-state index in [1.165, 1.54) is 29.6 Å². The van der Waals surface area contributed by atoms with Crippen molar-refractivity contribution in [2.75, 3.05) is 17.8 Å². The summed E-state index contributed by atoms with van der Waals surface area (Å²) in [6, 6.07) is 10.2. The van der Waals surface area contributed by atoms with Crippen molar-refractivity contribution < 1.29 is 28.9 Å². The third-order valence-corrected chi connectivity index (χ3v) is 7.21. The van der Waals surface area contributed by atoms with Crippen LogP contribution in [0.5, 0.6) is 17.4 Å². The molecule has 1 amide bonds. The molecule has 0 saturated carbocycles. The Bertz CT molecular complexity index is 1370. The van der Waals surface area contributed by atoms with Gasteiger partial charge in [0.2, 0.25) is 5.91 Å². The second-order valence-corrected chi connectivity index (χ2v) is 10.1. The van der Waals surface area contributed by atoms with Crippen molar-refractivity contribution in [3.05, 3.63) is 47.0 Å². The lowest BCUT2D eigenvalue weighted by Crippen LogP contribution is -2.59. The van der Waals surface area contributed by atoms with E-state index in [2.05, 4.69) is 11.9 Å². The SMILES string of the molecule is CCCCSc1nc([O-])c2[n+](n1)C(c1cc(Cl)cc(OC)c1OC(=O)CC)N(C(=O)CC)c1ccccc1-2. The Labute approximate surface area is 230 Å². The molecule has 1 aliphatic heterocycles. The molecular formula is C27H29ClN4O5S. The number of halogens is 1. The zero-order chi connectivity index (χ0) is 27.4. The van der Waals surface area contributed by atoms with Crippen molar-refractivity contribution >= 4 is 40.9 Å². The molecule has 9 nitrogen and oxygen atoms in total. The lowest BCUT2D eigenvalue weighted by Gasteiger charge is -2.34. The number of ether oxygens (including phenoxy) is 2. The summed E-state index contributed by atoms with van der Waals surface area (Å²) in [6.07, 6.45) is 1.21. The molecule has 0 aliphatic carbocycles. The number of benzene rings is 2. The molecule has 2 aromatic carbocycles. The number of nitrogens with zero attached hydrogens (tertiary/aromatic N) is 4. The van der Waals surface area contributed by atoms with E-state index in [0.29, 0.717) is 27.0 Å². The largest absolute Gasteiger partial charge is 0.854 e. The van der Waals surface area contributed by atoms with Crippen LogP contribution in [0.4, 0.5) is 5.69 Å². The van der Waals surface area contributed by atoms with E-state index in [-0.39, 0.29) is 35.9 Å². The molecule has 0 saturated heterocycles.